The van der Waals surface area contributed by atoms with E-state index in [9.17, 15) is 12.8 Å². The molecule has 0 aliphatic carbocycles. The van der Waals surface area contributed by atoms with Gasteiger partial charge in [-0.05, 0) is 49.2 Å². The van der Waals surface area contributed by atoms with Gasteiger partial charge in [-0.3, -0.25) is 0 Å². The summed E-state index contributed by atoms with van der Waals surface area (Å²) in [5.74, 6) is -2.88. The second-order valence-corrected chi connectivity index (χ2v) is 10.00. The maximum Gasteiger partial charge on any atom is 0.189 e. The lowest BCUT2D eigenvalue weighted by Gasteiger charge is -2.50. The number of nitrogens with zero attached hydrogens (tertiary/aromatic N) is 1. The number of benzene rings is 2. The van der Waals surface area contributed by atoms with E-state index in [1.54, 1.807) is 0 Å². The van der Waals surface area contributed by atoms with Crippen molar-refractivity contribution in [2.75, 3.05) is 13.2 Å². The fraction of sp³-hybridized carbons (Fsp3) is 0.381. The topological polar surface area (TPSA) is 76.4 Å². The molecule has 1 fully saturated rings. The molecule has 2 aromatic rings. The van der Waals surface area contributed by atoms with Crippen LogP contribution in [0.25, 0.3) is 0 Å². The molecular weight excluding hydrogens is 436 g/mol. The van der Waals surface area contributed by atoms with Gasteiger partial charge >= 0.3 is 0 Å². The average Bonchev–Trinajstić information content (AvgIpc) is 2.74. The molecule has 0 N–H and O–H groups in total. The highest BCUT2D eigenvalue weighted by atomic mass is 35.5. The molecule has 0 radical (unpaired) electrons. The molecule has 3 unspecified atom stereocenters. The molecular formula is C21H18ClF2NO4S. The zero-order valence-electron chi connectivity index (χ0n) is 15.8. The van der Waals surface area contributed by atoms with Gasteiger partial charge in [-0.25, -0.2) is 17.2 Å². The smallest absolute Gasteiger partial charge is 0.189 e. The summed E-state index contributed by atoms with van der Waals surface area (Å²) in [5.41, 5.74) is -0.307. The monoisotopic (exact) mass is 453 g/mol. The number of sulfone groups is 1. The van der Waals surface area contributed by atoms with Gasteiger partial charge in [0, 0.05) is 24.0 Å². The van der Waals surface area contributed by atoms with Gasteiger partial charge in [0.2, 0.25) is 0 Å². The maximum absolute atomic E-state index is 15.1. The van der Waals surface area contributed by atoms with Crippen LogP contribution in [0.1, 0.15) is 24.8 Å². The van der Waals surface area contributed by atoms with Crippen molar-refractivity contribution in [1.82, 2.24) is 0 Å². The highest BCUT2D eigenvalue weighted by Gasteiger charge is 2.61. The van der Waals surface area contributed by atoms with E-state index in [1.807, 2.05) is 6.07 Å². The first-order chi connectivity index (χ1) is 14.3. The van der Waals surface area contributed by atoms with Crippen LogP contribution < -0.4 is 4.74 Å². The molecule has 30 heavy (non-hydrogen) atoms. The van der Waals surface area contributed by atoms with Crippen LogP contribution >= 0.6 is 11.6 Å². The molecule has 4 rings (SSSR count). The van der Waals surface area contributed by atoms with Gasteiger partial charge in [-0.15, -0.1) is 0 Å². The van der Waals surface area contributed by atoms with Gasteiger partial charge in [0.15, 0.2) is 21.4 Å². The second kappa shape index (κ2) is 7.80. The van der Waals surface area contributed by atoms with Crippen LogP contribution in [0.3, 0.4) is 0 Å². The second-order valence-electron chi connectivity index (χ2n) is 7.35. The number of rotatable bonds is 4. The van der Waals surface area contributed by atoms with Crippen molar-refractivity contribution in [1.29, 1.82) is 5.26 Å². The zero-order valence-corrected chi connectivity index (χ0v) is 17.3. The molecule has 0 spiro atoms. The van der Waals surface area contributed by atoms with E-state index in [0.717, 1.165) is 12.1 Å². The maximum atomic E-state index is 15.1. The summed E-state index contributed by atoms with van der Waals surface area (Å²) in [7, 11) is -4.22. The van der Waals surface area contributed by atoms with Crippen LogP contribution in [-0.2, 0) is 19.3 Å². The van der Waals surface area contributed by atoms with Gasteiger partial charge in [0.05, 0.1) is 29.2 Å². The number of halogens is 3. The number of fused-ring (bicyclic) bond motifs is 3. The molecule has 0 bridgehead atoms. The molecule has 9 heteroatoms. The van der Waals surface area contributed by atoms with Crippen LogP contribution in [0.2, 0.25) is 5.02 Å². The minimum atomic E-state index is -4.22. The first-order valence-corrected chi connectivity index (χ1v) is 11.3. The third-order valence-corrected chi connectivity index (χ3v) is 8.70. The lowest BCUT2D eigenvalue weighted by Crippen LogP contribution is -2.57. The van der Waals surface area contributed by atoms with Gasteiger partial charge in [0.1, 0.15) is 10.6 Å². The Kier molecular flexibility index (Phi) is 5.47. The number of hydrogen-bond acceptors (Lipinski definition) is 5. The van der Waals surface area contributed by atoms with Crippen molar-refractivity contribution >= 4 is 21.4 Å². The summed E-state index contributed by atoms with van der Waals surface area (Å²) in [5, 5.41) is 9.34. The molecule has 0 aromatic heterocycles. The van der Waals surface area contributed by atoms with Crippen molar-refractivity contribution < 1.29 is 26.7 Å². The molecule has 1 saturated heterocycles. The Hall–Kier alpha value is -2.21. The predicted octanol–water partition coefficient (Wildman–Crippen LogP) is 4.39. The van der Waals surface area contributed by atoms with Gasteiger partial charge < -0.3 is 9.47 Å². The highest BCUT2D eigenvalue weighted by Crippen LogP contribution is 2.55. The Morgan fingerprint density at radius 2 is 1.87 bits per heavy atom. The molecule has 0 saturated carbocycles. The summed E-state index contributed by atoms with van der Waals surface area (Å²) >= 11 is 5.92. The minimum Gasteiger partial charge on any atom is -0.490 e. The predicted molar refractivity (Wildman–Crippen MR) is 105 cm³/mol. The Morgan fingerprint density at radius 3 is 2.57 bits per heavy atom. The third kappa shape index (κ3) is 3.08. The van der Waals surface area contributed by atoms with Crippen LogP contribution in [0.5, 0.6) is 5.75 Å². The van der Waals surface area contributed by atoms with E-state index >= 15 is 4.39 Å². The third-order valence-electron chi connectivity index (χ3n) is 5.89. The molecule has 0 amide bonds. The van der Waals surface area contributed by atoms with Crippen molar-refractivity contribution in [3.63, 3.8) is 0 Å². The van der Waals surface area contributed by atoms with E-state index < -0.39 is 38.2 Å². The van der Waals surface area contributed by atoms with Crippen LogP contribution in [0.15, 0.2) is 41.3 Å². The van der Waals surface area contributed by atoms with Crippen molar-refractivity contribution in [3.8, 4) is 11.8 Å². The van der Waals surface area contributed by atoms with E-state index in [-0.39, 0.29) is 48.7 Å². The summed E-state index contributed by atoms with van der Waals surface area (Å²) < 4.78 is 67.2. The normalized spacial score (nSPS) is 25.5. The molecule has 2 aliphatic rings. The summed E-state index contributed by atoms with van der Waals surface area (Å²) in [6, 6.07) is 9.45. The zero-order chi connectivity index (χ0) is 21.5. The fourth-order valence-electron chi connectivity index (χ4n) is 4.54. The average molecular weight is 454 g/mol. The largest absolute Gasteiger partial charge is 0.490 e. The molecule has 158 valence electrons. The van der Waals surface area contributed by atoms with Gasteiger partial charge in [-0.2, -0.15) is 5.26 Å². The molecule has 2 heterocycles. The summed E-state index contributed by atoms with van der Waals surface area (Å²) in [6.07, 6.45) is -0.329. The first kappa shape index (κ1) is 21.0. The van der Waals surface area contributed by atoms with Crippen LogP contribution in [-0.4, -0.2) is 27.7 Å². The highest BCUT2D eigenvalue weighted by molar-refractivity contribution is 7.92. The van der Waals surface area contributed by atoms with E-state index in [0.29, 0.717) is 5.02 Å². The molecule has 5 nitrogen and oxygen atoms in total. The van der Waals surface area contributed by atoms with Gasteiger partial charge in [0.25, 0.3) is 0 Å². The number of hydrogen-bond donors (Lipinski definition) is 0. The van der Waals surface area contributed by atoms with Crippen LogP contribution in [0.4, 0.5) is 8.78 Å². The van der Waals surface area contributed by atoms with E-state index in [1.165, 1.54) is 24.3 Å². The number of nitriles is 1. The number of ether oxygens (including phenoxy) is 2. The van der Waals surface area contributed by atoms with Crippen molar-refractivity contribution in [2.24, 2.45) is 5.92 Å². The Bertz CT molecular complexity index is 1120. The Labute approximate surface area is 178 Å². The SMILES string of the molecule is N#CCCC1OCCC2(S(=O)(=O)c3ccc(Cl)cc3)c3c(F)ccc(F)c3OCC12. The van der Waals surface area contributed by atoms with Crippen LogP contribution in [0, 0.1) is 28.9 Å². The molecule has 2 aromatic carbocycles. The minimum absolute atomic E-state index is 0.0226. The van der Waals surface area contributed by atoms with Crippen molar-refractivity contribution in [3.05, 3.63) is 58.6 Å². The summed E-state index contributed by atoms with van der Waals surface area (Å²) in [6.45, 7) is -0.148. The lowest BCUT2D eigenvalue weighted by atomic mass is 9.75. The van der Waals surface area contributed by atoms with E-state index in [4.69, 9.17) is 26.3 Å². The summed E-state index contributed by atoms with van der Waals surface area (Å²) in [4.78, 5) is -0.0469. The first-order valence-electron chi connectivity index (χ1n) is 9.43. The Morgan fingerprint density at radius 1 is 1.17 bits per heavy atom. The standard InChI is InChI=1S/C21H18ClF2NO4S/c22-13-3-5-14(6-4-13)30(26,27)21-9-11-28-18(2-1-10-25)15(21)12-29-20-17(24)8-7-16(23)19(20)21/h3-8,15,18H,1-2,9,11-12H2. The molecule has 3 atom stereocenters. The molecule has 2 aliphatic heterocycles. The Balaban J connectivity index is 1.99. The quantitative estimate of drug-likeness (QED) is 0.686. The fourth-order valence-corrected chi connectivity index (χ4v) is 7.01. The lowest BCUT2D eigenvalue weighted by molar-refractivity contribution is -0.0751. The van der Waals surface area contributed by atoms with Crippen molar-refractivity contribution in [2.45, 2.75) is 35.0 Å². The van der Waals surface area contributed by atoms with E-state index in [2.05, 4.69) is 0 Å². The van der Waals surface area contributed by atoms with Gasteiger partial charge in [-0.1, -0.05) is 11.6 Å².